The third-order valence-corrected chi connectivity index (χ3v) is 6.94. The Labute approximate surface area is 182 Å². The fraction of sp³-hybridized carbons (Fsp3) is 0.208. The molecule has 1 aliphatic rings. The zero-order valence-electron chi connectivity index (χ0n) is 17.0. The summed E-state index contributed by atoms with van der Waals surface area (Å²) in [4.78, 5) is 12.9. The lowest BCUT2D eigenvalue weighted by atomic mass is 10.1. The number of hydrogen-bond donors (Lipinski definition) is 1. The van der Waals surface area contributed by atoms with Gasteiger partial charge < -0.3 is 10.1 Å². The second-order valence-corrected chi connectivity index (χ2v) is 9.17. The van der Waals surface area contributed by atoms with Crippen molar-refractivity contribution in [3.63, 3.8) is 0 Å². The first-order valence-corrected chi connectivity index (χ1v) is 11.6. The number of rotatable bonds is 7. The number of carbonyl (C=O) groups excluding carboxylic acids is 1. The number of amides is 1. The maximum absolute atomic E-state index is 13.3. The second kappa shape index (κ2) is 9.22. The predicted octanol–water partition coefficient (Wildman–Crippen LogP) is 3.39. The molecule has 7 heteroatoms. The number of anilines is 1. The Balaban J connectivity index is 1.47. The van der Waals surface area contributed by atoms with Gasteiger partial charge in [0.15, 0.2) is 6.10 Å². The molecule has 1 atom stereocenters. The number of nitrogens with zero attached hydrogens (tertiary/aromatic N) is 1. The molecular weight excluding hydrogens is 412 g/mol. The van der Waals surface area contributed by atoms with Gasteiger partial charge in [-0.25, -0.2) is 8.42 Å². The van der Waals surface area contributed by atoms with Crippen molar-refractivity contribution in [3.05, 3.63) is 90.5 Å². The normalized spacial score (nSPS) is 15.6. The first kappa shape index (κ1) is 20.9. The van der Waals surface area contributed by atoms with Crippen LogP contribution in [0.1, 0.15) is 12.0 Å². The number of aryl methyl sites for hydroxylation is 1. The summed E-state index contributed by atoms with van der Waals surface area (Å²) in [5.74, 6) is 0.0496. The van der Waals surface area contributed by atoms with Gasteiger partial charge in [-0.2, -0.15) is 0 Å². The molecule has 0 spiro atoms. The molecule has 0 radical (unpaired) electrons. The van der Waals surface area contributed by atoms with Crippen LogP contribution < -0.4 is 14.4 Å². The Hall–Kier alpha value is -3.32. The topological polar surface area (TPSA) is 75.7 Å². The van der Waals surface area contributed by atoms with Crippen molar-refractivity contribution in [3.8, 4) is 5.75 Å². The first-order valence-electron chi connectivity index (χ1n) is 10.2. The van der Waals surface area contributed by atoms with E-state index in [1.165, 1.54) is 9.87 Å². The van der Waals surface area contributed by atoms with Crippen LogP contribution in [0.15, 0.2) is 89.8 Å². The van der Waals surface area contributed by atoms with Crippen LogP contribution in [0.3, 0.4) is 0 Å². The molecule has 0 unspecified atom stereocenters. The van der Waals surface area contributed by atoms with Gasteiger partial charge in [0.2, 0.25) is 0 Å². The Morgan fingerprint density at radius 1 is 0.935 bits per heavy atom. The summed E-state index contributed by atoms with van der Waals surface area (Å²) < 4.78 is 33.7. The molecule has 0 saturated heterocycles. The second-order valence-electron chi connectivity index (χ2n) is 7.30. The summed E-state index contributed by atoms with van der Waals surface area (Å²) in [7, 11) is -3.83. The highest BCUT2D eigenvalue weighted by atomic mass is 32.2. The molecule has 0 saturated carbocycles. The molecule has 160 valence electrons. The molecule has 1 N–H and O–H groups in total. The number of benzene rings is 3. The van der Waals surface area contributed by atoms with E-state index in [4.69, 9.17) is 4.74 Å². The summed E-state index contributed by atoms with van der Waals surface area (Å²) in [6, 6.07) is 25.1. The smallest absolute Gasteiger partial charge is 0.264 e. The Morgan fingerprint density at radius 3 is 2.32 bits per heavy atom. The van der Waals surface area contributed by atoms with Gasteiger partial charge in [0, 0.05) is 6.54 Å². The lowest BCUT2D eigenvalue weighted by molar-refractivity contribution is -0.127. The largest absolute Gasteiger partial charge is 0.476 e. The third kappa shape index (κ3) is 4.72. The van der Waals surface area contributed by atoms with Crippen molar-refractivity contribution in [2.45, 2.75) is 23.8 Å². The van der Waals surface area contributed by atoms with Crippen molar-refractivity contribution >= 4 is 21.6 Å². The zero-order valence-corrected chi connectivity index (χ0v) is 17.8. The Kier molecular flexibility index (Phi) is 6.23. The SMILES string of the molecule is O=C(NCCCc1ccccc1)[C@H]1CN(S(=O)(=O)c2ccccc2)c2ccccc2O1. The minimum Gasteiger partial charge on any atom is -0.476 e. The van der Waals surface area contributed by atoms with Crippen LogP contribution in [0.25, 0.3) is 0 Å². The fourth-order valence-corrected chi connectivity index (χ4v) is 5.05. The molecule has 1 amide bonds. The van der Waals surface area contributed by atoms with E-state index >= 15 is 0 Å². The van der Waals surface area contributed by atoms with Gasteiger partial charge in [0.05, 0.1) is 17.1 Å². The van der Waals surface area contributed by atoms with Crippen LogP contribution in [0.4, 0.5) is 5.69 Å². The summed E-state index contributed by atoms with van der Waals surface area (Å²) >= 11 is 0. The van der Waals surface area contributed by atoms with Gasteiger partial charge >= 0.3 is 0 Å². The standard InChI is InChI=1S/C24H24N2O4S/c27-24(25-17-9-12-19-10-3-1-4-11-19)23-18-26(21-15-7-8-16-22(21)30-23)31(28,29)20-13-5-2-6-14-20/h1-8,10-11,13-16,23H,9,12,17-18H2,(H,25,27)/t23-/m1/s1. The molecule has 0 aromatic heterocycles. The van der Waals surface area contributed by atoms with E-state index in [2.05, 4.69) is 17.4 Å². The maximum atomic E-state index is 13.3. The molecule has 0 bridgehead atoms. The molecule has 0 fully saturated rings. The number of fused-ring (bicyclic) bond motifs is 1. The monoisotopic (exact) mass is 436 g/mol. The highest BCUT2D eigenvalue weighted by Crippen LogP contribution is 2.36. The summed E-state index contributed by atoms with van der Waals surface area (Å²) in [5, 5.41) is 2.88. The van der Waals surface area contributed by atoms with Crippen LogP contribution in [0.2, 0.25) is 0 Å². The Bertz CT molecular complexity index is 1130. The molecular formula is C24H24N2O4S. The van der Waals surface area contributed by atoms with Crippen molar-refractivity contribution in [2.24, 2.45) is 0 Å². The average molecular weight is 437 g/mol. The van der Waals surface area contributed by atoms with E-state index in [0.717, 1.165) is 12.8 Å². The van der Waals surface area contributed by atoms with Gasteiger partial charge in [-0.05, 0) is 42.7 Å². The summed E-state index contributed by atoms with van der Waals surface area (Å²) in [6.07, 6.45) is 0.708. The average Bonchev–Trinajstić information content (AvgIpc) is 2.82. The van der Waals surface area contributed by atoms with Crippen LogP contribution in [-0.4, -0.2) is 33.5 Å². The number of ether oxygens (including phenoxy) is 1. The van der Waals surface area contributed by atoms with Crippen molar-refractivity contribution in [1.29, 1.82) is 0 Å². The number of carbonyl (C=O) groups is 1. The van der Waals surface area contributed by atoms with Gasteiger partial charge in [-0.15, -0.1) is 0 Å². The van der Waals surface area contributed by atoms with E-state index in [1.54, 1.807) is 54.6 Å². The van der Waals surface area contributed by atoms with Crippen LogP contribution >= 0.6 is 0 Å². The molecule has 3 aromatic rings. The fourth-order valence-electron chi connectivity index (χ4n) is 3.55. The van der Waals surface area contributed by atoms with E-state index in [9.17, 15) is 13.2 Å². The van der Waals surface area contributed by atoms with E-state index in [1.807, 2.05) is 18.2 Å². The van der Waals surface area contributed by atoms with Crippen LogP contribution in [-0.2, 0) is 21.2 Å². The van der Waals surface area contributed by atoms with Gasteiger partial charge in [0.1, 0.15) is 5.75 Å². The number of sulfonamides is 1. The van der Waals surface area contributed by atoms with Gasteiger partial charge in [-0.1, -0.05) is 60.7 Å². The molecule has 1 aliphatic heterocycles. The lowest BCUT2D eigenvalue weighted by Crippen LogP contribution is -2.50. The summed E-state index contributed by atoms with van der Waals surface area (Å²) in [5.41, 5.74) is 1.64. The van der Waals surface area contributed by atoms with Crippen molar-refractivity contribution in [1.82, 2.24) is 5.32 Å². The molecule has 0 aliphatic carbocycles. The highest BCUT2D eigenvalue weighted by Gasteiger charge is 2.37. The number of hydrogen-bond acceptors (Lipinski definition) is 4. The zero-order chi connectivity index (χ0) is 21.7. The highest BCUT2D eigenvalue weighted by molar-refractivity contribution is 7.92. The number of para-hydroxylation sites is 2. The molecule has 3 aromatic carbocycles. The van der Waals surface area contributed by atoms with Crippen LogP contribution in [0.5, 0.6) is 5.75 Å². The van der Waals surface area contributed by atoms with Crippen molar-refractivity contribution in [2.75, 3.05) is 17.4 Å². The quantitative estimate of drug-likeness (QED) is 0.576. The lowest BCUT2D eigenvalue weighted by Gasteiger charge is -2.34. The number of nitrogens with one attached hydrogen (secondary N) is 1. The Morgan fingerprint density at radius 2 is 1.58 bits per heavy atom. The summed E-state index contributed by atoms with van der Waals surface area (Å²) in [6.45, 7) is 0.402. The molecule has 31 heavy (non-hydrogen) atoms. The predicted molar refractivity (Wildman–Crippen MR) is 120 cm³/mol. The van der Waals surface area contributed by atoms with Gasteiger partial charge in [0.25, 0.3) is 15.9 Å². The van der Waals surface area contributed by atoms with E-state index in [0.29, 0.717) is 18.0 Å². The molecule has 6 nitrogen and oxygen atoms in total. The maximum Gasteiger partial charge on any atom is 0.264 e. The molecule has 1 heterocycles. The van der Waals surface area contributed by atoms with E-state index in [-0.39, 0.29) is 17.3 Å². The van der Waals surface area contributed by atoms with E-state index < -0.39 is 16.1 Å². The first-order chi connectivity index (χ1) is 15.1. The third-order valence-electron chi connectivity index (χ3n) is 5.14. The van der Waals surface area contributed by atoms with Crippen molar-refractivity contribution < 1.29 is 17.9 Å². The van der Waals surface area contributed by atoms with Crippen LogP contribution in [0, 0.1) is 0 Å². The molecule has 4 rings (SSSR count). The minimum atomic E-state index is -3.83. The van der Waals surface area contributed by atoms with Gasteiger partial charge in [-0.3, -0.25) is 9.10 Å². The minimum absolute atomic E-state index is 0.0846.